The predicted molar refractivity (Wildman–Crippen MR) is 246 cm³/mol. The van der Waals surface area contributed by atoms with Crippen LogP contribution in [0.5, 0.6) is 0 Å². The molecule has 57 heavy (non-hydrogen) atoms. The summed E-state index contributed by atoms with van der Waals surface area (Å²) in [6.07, 6.45) is 0. The maximum atomic E-state index is 2.53. The van der Waals surface area contributed by atoms with Crippen molar-refractivity contribution in [3.8, 4) is 50.2 Å². The van der Waals surface area contributed by atoms with Crippen LogP contribution in [-0.4, -0.2) is 12.6 Å². The van der Waals surface area contributed by atoms with E-state index >= 15 is 0 Å². The zero-order valence-corrected chi connectivity index (χ0v) is 32.7. The molecule has 4 heterocycles. The van der Waals surface area contributed by atoms with E-state index in [4.69, 9.17) is 0 Å². The zero-order chi connectivity index (χ0) is 37.2. The molecule has 2 aliphatic rings. The van der Waals surface area contributed by atoms with Crippen LogP contribution in [0.2, 0.25) is 0 Å². The fraction of sp³-hybridized carbons (Fsp3) is 0. The van der Waals surface area contributed by atoms with Gasteiger partial charge < -0.3 is 4.57 Å². The summed E-state index contributed by atoms with van der Waals surface area (Å²) in [5.74, 6) is 0. The SMILES string of the molecule is c1ccc2c(c1)-c1ccccc1[Si]1(c3ccccc3-2)c2ccccc2-c2cc3sc4c(-n5c6ccccc6c6ccccc65)cccc4c3cc2-c2ccccc21. The van der Waals surface area contributed by atoms with Crippen LogP contribution in [0.1, 0.15) is 0 Å². The van der Waals surface area contributed by atoms with Crippen molar-refractivity contribution in [2.75, 3.05) is 0 Å². The van der Waals surface area contributed by atoms with Crippen LogP contribution >= 0.6 is 11.3 Å². The molecule has 0 fully saturated rings. The second-order valence-electron chi connectivity index (χ2n) is 15.5. The molecule has 3 heteroatoms. The van der Waals surface area contributed by atoms with E-state index in [1.54, 1.807) is 0 Å². The van der Waals surface area contributed by atoms with Crippen LogP contribution in [0.3, 0.4) is 0 Å². The van der Waals surface area contributed by atoms with Crippen molar-refractivity contribution in [2.24, 2.45) is 0 Å². The van der Waals surface area contributed by atoms with Gasteiger partial charge >= 0.3 is 0 Å². The highest BCUT2D eigenvalue weighted by Crippen LogP contribution is 2.47. The van der Waals surface area contributed by atoms with E-state index in [2.05, 4.69) is 205 Å². The van der Waals surface area contributed by atoms with Gasteiger partial charge in [-0.15, -0.1) is 11.3 Å². The zero-order valence-electron chi connectivity index (χ0n) is 30.9. The summed E-state index contributed by atoms with van der Waals surface area (Å²) < 4.78 is 5.11. The van der Waals surface area contributed by atoms with Crippen molar-refractivity contribution in [3.05, 3.63) is 200 Å². The van der Waals surface area contributed by atoms with Gasteiger partial charge in [0.05, 0.1) is 21.4 Å². The molecule has 9 aromatic carbocycles. The first-order valence-electron chi connectivity index (χ1n) is 19.8. The Labute approximate surface area is 335 Å². The minimum absolute atomic E-state index is 1.24. The molecule has 264 valence electrons. The molecule has 0 aliphatic carbocycles. The number of thiophene rings is 1. The normalized spacial score (nSPS) is 13.4. The van der Waals surface area contributed by atoms with Crippen LogP contribution in [0.25, 0.3) is 92.2 Å². The lowest BCUT2D eigenvalue weighted by Crippen LogP contribution is -2.75. The van der Waals surface area contributed by atoms with Crippen molar-refractivity contribution in [1.29, 1.82) is 0 Å². The molecule has 0 N–H and O–H groups in total. The van der Waals surface area contributed by atoms with E-state index in [9.17, 15) is 0 Å². The maximum absolute atomic E-state index is 2.96. The van der Waals surface area contributed by atoms with Crippen LogP contribution in [0, 0.1) is 0 Å². The molecule has 0 atom stereocenters. The van der Waals surface area contributed by atoms with E-state index in [1.165, 1.54) is 113 Å². The van der Waals surface area contributed by atoms with Gasteiger partial charge in [0.25, 0.3) is 0 Å². The second-order valence-corrected chi connectivity index (χ2v) is 20.2. The molecule has 0 unspecified atom stereocenters. The second kappa shape index (κ2) is 11.6. The summed E-state index contributed by atoms with van der Waals surface area (Å²) in [6.45, 7) is 0. The number of nitrogens with zero attached hydrogens (tertiary/aromatic N) is 1. The Hall–Kier alpha value is -6.78. The Morgan fingerprint density at radius 2 is 0.719 bits per heavy atom. The molecular weight excluding hydrogens is 723 g/mol. The molecule has 2 aromatic heterocycles. The summed E-state index contributed by atoms with van der Waals surface area (Å²) in [6, 6.07) is 76.1. The number of rotatable bonds is 1. The number of benzene rings is 9. The smallest absolute Gasteiger partial charge is 0.182 e. The first-order valence-corrected chi connectivity index (χ1v) is 22.6. The highest BCUT2D eigenvalue weighted by atomic mass is 32.1. The average molecular weight is 756 g/mol. The molecule has 1 spiro atoms. The van der Waals surface area contributed by atoms with Crippen LogP contribution in [-0.2, 0) is 0 Å². The molecule has 11 aromatic rings. The van der Waals surface area contributed by atoms with Gasteiger partial charge in [0.1, 0.15) is 0 Å². The minimum Gasteiger partial charge on any atom is -0.308 e. The number of hydrogen-bond acceptors (Lipinski definition) is 1. The predicted octanol–water partition coefficient (Wildman–Crippen LogP) is 11.8. The van der Waals surface area contributed by atoms with E-state index in [0.717, 1.165) is 0 Å². The Morgan fingerprint density at radius 3 is 1.25 bits per heavy atom. The minimum atomic E-state index is -2.96. The van der Waals surface area contributed by atoms with E-state index in [-0.39, 0.29) is 0 Å². The molecule has 0 amide bonds. The van der Waals surface area contributed by atoms with Gasteiger partial charge in [-0.1, -0.05) is 170 Å². The fourth-order valence-electron chi connectivity index (χ4n) is 10.6. The fourth-order valence-corrected chi connectivity index (χ4v) is 17.5. The summed E-state index contributed by atoms with van der Waals surface area (Å²) in [5, 5.41) is 11.0. The van der Waals surface area contributed by atoms with Crippen LogP contribution < -0.4 is 20.7 Å². The van der Waals surface area contributed by atoms with Gasteiger partial charge in [-0.05, 0) is 95.6 Å². The lowest BCUT2D eigenvalue weighted by molar-refractivity contribution is 1.20. The Morgan fingerprint density at radius 1 is 0.316 bits per heavy atom. The topological polar surface area (TPSA) is 4.93 Å². The monoisotopic (exact) mass is 755 g/mol. The Balaban J connectivity index is 1.15. The average Bonchev–Trinajstić information content (AvgIpc) is 3.76. The summed E-state index contributed by atoms with van der Waals surface area (Å²) in [4.78, 5) is 0. The van der Waals surface area contributed by atoms with E-state index in [0.29, 0.717) is 0 Å². The molecule has 0 bridgehead atoms. The number of hydrogen-bond donors (Lipinski definition) is 0. The van der Waals surface area contributed by atoms with Gasteiger partial charge in [0, 0.05) is 26.2 Å². The van der Waals surface area contributed by atoms with E-state index < -0.39 is 8.07 Å². The van der Waals surface area contributed by atoms with Crippen molar-refractivity contribution >= 4 is 82.1 Å². The molecule has 0 saturated carbocycles. The number of para-hydroxylation sites is 2. The van der Waals surface area contributed by atoms with Gasteiger partial charge in [-0.25, -0.2) is 0 Å². The third kappa shape index (κ3) is 4.07. The Bertz CT molecular complexity index is 3370. The quantitative estimate of drug-likeness (QED) is 0.147. The molecule has 1 nitrogen and oxygen atoms in total. The lowest BCUT2D eigenvalue weighted by atomic mass is 9.93. The highest BCUT2D eigenvalue weighted by molar-refractivity contribution is 7.26. The molecule has 13 rings (SSSR count). The third-order valence-electron chi connectivity index (χ3n) is 12.8. The number of aromatic nitrogens is 1. The summed E-state index contributed by atoms with van der Waals surface area (Å²) in [5.41, 5.74) is 14.3. The highest BCUT2D eigenvalue weighted by Gasteiger charge is 2.50. The van der Waals surface area contributed by atoms with Crippen molar-refractivity contribution in [2.45, 2.75) is 0 Å². The van der Waals surface area contributed by atoms with Crippen molar-refractivity contribution < 1.29 is 0 Å². The Kier molecular flexibility index (Phi) is 6.41. The standard InChI is InChI=1S/C54H33NSSi/c1-2-17-35-34(16-1)38-20-5-11-28-50(38)57(51-29-12-6-21-39(35)51)52-30-13-7-22-40(52)43-32-45-42-24-15-27-48(54(42)56-49(45)33-44(43)41-23-8-14-31-53(41)57)55-46-25-9-3-18-36(46)37-19-4-10-26-47(37)55/h1-33H. The van der Waals surface area contributed by atoms with Crippen LogP contribution in [0.15, 0.2) is 200 Å². The van der Waals surface area contributed by atoms with Gasteiger partial charge in [-0.3, -0.25) is 0 Å². The molecule has 0 radical (unpaired) electrons. The van der Waals surface area contributed by atoms with Crippen molar-refractivity contribution in [3.63, 3.8) is 0 Å². The summed E-state index contributed by atoms with van der Waals surface area (Å²) in [7, 11) is -2.96. The van der Waals surface area contributed by atoms with Gasteiger partial charge in [-0.2, -0.15) is 0 Å². The van der Waals surface area contributed by atoms with E-state index in [1.807, 2.05) is 11.3 Å². The maximum Gasteiger partial charge on any atom is 0.182 e. The largest absolute Gasteiger partial charge is 0.308 e. The van der Waals surface area contributed by atoms with Gasteiger partial charge in [0.15, 0.2) is 8.07 Å². The summed E-state index contributed by atoms with van der Waals surface area (Å²) >= 11 is 1.93. The van der Waals surface area contributed by atoms with Gasteiger partial charge in [0.2, 0.25) is 0 Å². The lowest BCUT2D eigenvalue weighted by Gasteiger charge is -2.37. The van der Waals surface area contributed by atoms with Crippen molar-refractivity contribution in [1.82, 2.24) is 4.57 Å². The molecular formula is C54H33NSSi. The third-order valence-corrected chi connectivity index (χ3v) is 19.0. The first kappa shape index (κ1) is 31.4. The first-order chi connectivity index (χ1) is 28.3. The van der Waals surface area contributed by atoms with Crippen LogP contribution in [0.4, 0.5) is 0 Å². The molecule has 0 saturated heterocycles. The number of fused-ring (bicyclic) bond motifs is 20. The molecule has 2 aliphatic heterocycles.